The van der Waals surface area contributed by atoms with Crippen LogP contribution in [0.1, 0.15) is 104 Å². The minimum Gasteiger partial charge on any atom is -0.497 e. The standard InChI is InChI=1S/C24H36BrN3O3.C17H14ClNO2/c1-3-28(20-7-5-4-6-8-20)15-18-13-17(14-22(25)23(18)26)24(30)27-19-9-11-21(12-10-19)31-16(2)29;1-11-9-13-10-15(21-2)7-8-16(13)19(11)17(20)12-3-5-14(18)6-4-12/h13-14,19-21H,3-12,15,26H2,1-2H3,(H,27,30);3-10H,1-2H3. The second kappa shape index (κ2) is 18.3. The molecule has 9 nitrogen and oxygen atoms in total. The van der Waals surface area contributed by atoms with E-state index >= 15 is 0 Å². The highest BCUT2D eigenvalue weighted by Crippen LogP contribution is 2.31. The zero-order chi connectivity index (χ0) is 37.4. The number of hydrogen-bond acceptors (Lipinski definition) is 7. The summed E-state index contributed by atoms with van der Waals surface area (Å²) in [6.07, 6.45) is 9.59. The number of halogens is 2. The van der Waals surface area contributed by atoms with Gasteiger partial charge in [0, 0.05) is 57.3 Å². The molecule has 4 aromatic rings. The van der Waals surface area contributed by atoms with E-state index in [9.17, 15) is 14.4 Å². The van der Waals surface area contributed by atoms with Crippen LogP contribution in [0.25, 0.3) is 10.9 Å². The Balaban J connectivity index is 0.000000216. The number of carbonyl (C=O) groups excluding carboxylic acids is 3. The van der Waals surface area contributed by atoms with Crippen molar-refractivity contribution in [1.29, 1.82) is 0 Å². The Morgan fingerprint density at radius 2 is 1.63 bits per heavy atom. The highest BCUT2D eigenvalue weighted by atomic mass is 79.9. The summed E-state index contributed by atoms with van der Waals surface area (Å²) >= 11 is 9.43. The first-order valence-electron chi connectivity index (χ1n) is 18.2. The van der Waals surface area contributed by atoms with Gasteiger partial charge in [0.2, 0.25) is 0 Å². The van der Waals surface area contributed by atoms with Gasteiger partial charge in [0.25, 0.3) is 11.8 Å². The number of hydrogen-bond donors (Lipinski definition) is 2. The van der Waals surface area contributed by atoms with Crippen molar-refractivity contribution in [2.75, 3.05) is 19.4 Å². The number of anilines is 1. The molecule has 2 aliphatic rings. The summed E-state index contributed by atoms with van der Waals surface area (Å²) in [5, 5.41) is 4.76. The molecule has 2 fully saturated rings. The lowest BCUT2D eigenvalue weighted by molar-refractivity contribution is -0.147. The van der Waals surface area contributed by atoms with Crippen LogP contribution < -0.4 is 15.8 Å². The summed E-state index contributed by atoms with van der Waals surface area (Å²) in [5.41, 5.74) is 11.1. The molecule has 2 saturated carbocycles. The van der Waals surface area contributed by atoms with Crippen molar-refractivity contribution in [2.24, 2.45) is 0 Å². The summed E-state index contributed by atoms with van der Waals surface area (Å²) in [4.78, 5) is 39.3. The number of amides is 1. The maximum absolute atomic E-state index is 13.0. The number of rotatable bonds is 9. The number of benzene rings is 3. The Bertz CT molecular complexity index is 1860. The fraction of sp³-hybridized carbons (Fsp3) is 0.439. The molecule has 278 valence electrons. The van der Waals surface area contributed by atoms with E-state index in [-0.39, 0.29) is 29.9 Å². The zero-order valence-corrected chi connectivity index (χ0v) is 32.9. The third kappa shape index (κ3) is 9.96. The Labute approximate surface area is 320 Å². The average molecular weight is 794 g/mol. The van der Waals surface area contributed by atoms with Crippen molar-refractivity contribution in [3.05, 3.63) is 92.5 Å². The molecule has 0 saturated heterocycles. The van der Waals surface area contributed by atoms with E-state index in [1.54, 1.807) is 35.9 Å². The molecular weight excluding hydrogens is 744 g/mol. The lowest BCUT2D eigenvalue weighted by Gasteiger charge is -2.34. The van der Waals surface area contributed by atoms with Gasteiger partial charge in [-0.3, -0.25) is 23.9 Å². The summed E-state index contributed by atoms with van der Waals surface area (Å²) in [5.74, 6) is 0.405. The molecule has 0 bridgehead atoms. The van der Waals surface area contributed by atoms with Crippen LogP contribution in [-0.2, 0) is 16.1 Å². The third-order valence-corrected chi connectivity index (χ3v) is 11.1. The number of ether oxygens (including phenoxy) is 2. The highest BCUT2D eigenvalue weighted by molar-refractivity contribution is 9.10. The first kappa shape index (κ1) is 39.3. The molecule has 3 aromatic carbocycles. The van der Waals surface area contributed by atoms with Crippen LogP contribution in [0.5, 0.6) is 5.75 Å². The summed E-state index contributed by atoms with van der Waals surface area (Å²) < 4.78 is 13.0. The molecule has 1 aromatic heterocycles. The quantitative estimate of drug-likeness (QED) is 0.128. The number of nitrogens with one attached hydrogen (secondary N) is 1. The summed E-state index contributed by atoms with van der Waals surface area (Å²) in [6, 6.07) is 19.0. The molecule has 0 radical (unpaired) electrons. The maximum Gasteiger partial charge on any atom is 0.302 e. The van der Waals surface area contributed by atoms with E-state index in [4.69, 9.17) is 26.8 Å². The predicted molar refractivity (Wildman–Crippen MR) is 211 cm³/mol. The number of aryl methyl sites for hydroxylation is 1. The van der Waals surface area contributed by atoms with Crippen LogP contribution >= 0.6 is 27.5 Å². The van der Waals surface area contributed by atoms with Crippen LogP contribution in [0.3, 0.4) is 0 Å². The first-order chi connectivity index (χ1) is 25.0. The van der Waals surface area contributed by atoms with E-state index in [1.165, 1.54) is 39.0 Å². The Morgan fingerprint density at radius 1 is 0.942 bits per heavy atom. The van der Waals surface area contributed by atoms with Gasteiger partial charge >= 0.3 is 5.97 Å². The summed E-state index contributed by atoms with van der Waals surface area (Å²) in [6.45, 7) is 7.30. The number of aromatic nitrogens is 1. The fourth-order valence-corrected chi connectivity index (χ4v) is 8.01. The summed E-state index contributed by atoms with van der Waals surface area (Å²) in [7, 11) is 1.63. The van der Waals surface area contributed by atoms with Gasteiger partial charge in [-0.1, -0.05) is 37.8 Å². The molecule has 11 heteroatoms. The Kier molecular flexibility index (Phi) is 13.8. The van der Waals surface area contributed by atoms with Gasteiger partial charge in [0.1, 0.15) is 11.9 Å². The number of nitrogens with two attached hydrogens (primary N) is 1. The Hall–Kier alpha value is -3.86. The largest absolute Gasteiger partial charge is 0.497 e. The van der Waals surface area contributed by atoms with Gasteiger partial charge < -0.3 is 20.5 Å². The van der Waals surface area contributed by atoms with Gasteiger partial charge in [0.15, 0.2) is 0 Å². The number of esters is 1. The van der Waals surface area contributed by atoms with Crippen LogP contribution in [-0.4, -0.2) is 59.1 Å². The second-order valence-electron chi connectivity index (χ2n) is 13.8. The minimum atomic E-state index is -0.235. The topological polar surface area (TPSA) is 116 Å². The number of nitrogens with zero attached hydrogens (tertiary/aromatic N) is 2. The molecular formula is C41H50BrClN4O5. The van der Waals surface area contributed by atoms with Crippen LogP contribution in [0.2, 0.25) is 5.02 Å². The number of methoxy groups -OCH3 is 1. The molecule has 0 spiro atoms. The number of nitrogen functional groups attached to an aromatic ring is 1. The zero-order valence-electron chi connectivity index (χ0n) is 30.6. The SMILES string of the molecule is CCN(Cc1cc(C(=O)NC2CCC(OC(C)=O)CC2)cc(Br)c1N)C1CCCCC1.COc1ccc2c(c1)cc(C)n2C(=O)c1ccc(Cl)cc1. The smallest absolute Gasteiger partial charge is 0.302 e. The van der Waals surface area contributed by atoms with E-state index in [0.29, 0.717) is 27.9 Å². The van der Waals surface area contributed by atoms with Crippen LogP contribution in [0.15, 0.2) is 65.1 Å². The van der Waals surface area contributed by atoms with Crippen LogP contribution in [0.4, 0.5) is 5.69 Å². The fourth-order valence-electron chi connectivity index (χ4n) is 7.38. The molecule has 1 heterocycles. The Morgan fingerprint density at radius 3 is 2.27 bits per heavy atom. The predicted octanol–water partition coefficient (Wildman–Crippen LogP) is 9.09. The maximum atomic E-state index is 13.0. The van der Waals surface area contributed by atoms with Crippen molar-refractivity contribution in [1.82, 2.24) is 14.8 Å². The third-order valence-electron chi connectivity index (χ3n) is 10.2. The van der Waals surface area contributed by atoms with Crippen molar-refractivity contribution >= 4 is 61.9 Å². The molecule has 0 aliphatic heterocycles. The molecule has 6 rings (SSSR count). The highest BCUT2D eigenvalue weighted by Gasteiger charge is 2.26. The van der Waals surface area contributed by atoms with Gasteiger partial charge in [-0.05, 0) is 134 Å². The minimum absolute atomic E-state index is 0.0252. The van der Waals surface area contributed by atoms with E-state index in [0.717, 1.165) is 71.2 Å². The normalized spacial score (nSPS) is 17.7. The first-order valence-corrected chi connectivity index (χ1v) is 19.4. The average Bonchev–Trinajstić information content (AvgIpc) is 3.48. The van der Waals surface area contributed by atoms with Gasteiger partial charge in [0.05, 0.1) is 18.3 Å². The van der Waals surface area contributed by atoms with Crippen molar-refractivity contribution in [2.45, 2.75) is 103 Å². The molecule has 2 aliphatic carbocycles. The molecule has 52 heavy (non-hydrogen) atoms. The monoisotopic (exact) mass is 792 g/mol. The van der Waals surface area contributed by atoms with Crippen molar-refractivity contribution in [3.8, 4) is 5.75 Å². The lowest BCUT2D eigenvalue weighted by Crippen LogP contribution is -2.39. The van der Waals surface area contributed by atoms with Gasteiger partial charge in [-0.25, -0.2) is 0 Å². The van der Waals surface area contributed by atoms with Gasteiger partial charge in [-0.15, -0.1) is 0 Å². The van der Waals surface area contributed by atoms with Crippen LogP contribution in [0, 0.1) is 6.92 Å². The van der Waals surface area contributed by atoms with E-state index in [1.807, 2.05) is 43.3 Å². The van der Waals surface area contributed by atoms with Crippen molar-refractivity contribution < 1.29 is 23.9 Å². The van der Waals surface area contributed by atoms with E-state index in [2.05, 4.69) is 33.1 Å². The van der Waals surface area contributed by atoms with Crippen molar-refractivity contribution in [3.63, 3.8) is 0 Å². The molecule has 0 unspecified atom stereocenters. The van der Waals surface area contributed by atoms with E-state index < -0.39 is 0 Å². The second-order valence-corrected chi connectivity index (χ2v) is 15.1. The number of fused-ring (bicyclic) bond motifs is 1. The molecule has 1 amide bonds. The molecule has 3 N–H and O–H groups in total. The van der Waals surface area contributed by atoms with Gasteiger partial charge in [-0.2, -0.15) is 0 Å². The molecule has 0 atom stereocenters. The lowest BCUT2D eigenvalue weighted by atomic mass is 9.92. The number of carbonyl (C=O) groups is 3.